The van der Waals surface area contributed by atoms with Crippen LogP contribution in [0.3, 0.4) is 0 Å². The van der Waals surface area contributed by atoms with Crippen LogP contribution in [0.4, 0.5) is 4.39 Å². The van der Waals surface area contributed by atoms with Crippen LogP contribution in [-0.4, -0.2) is 45.5 Å². The summed E-state index contributed by atoms with van der Waals surface area (Å²) in [5, 5.41) is 4.92. The number of piperidine rings is 1. The Morgan fingerprint density at radius 1 is 1.00 bits per heavy atom. The molecule has 3 amide bonds. The average molecular weight is 465 g/mol. The van der Waals surface area contributed by atoms with E-state index in [4.69, 9.17) is 0 Å². The number of halogens is 1. The van der Waals surface area contributed by atoms with Crippen LogP contribution in [0.15, 0.2) is 53.3 Å². The molecular weight excluding hydrogens is 441 g/mol. The van der Waals surface area contributed by atoms with Crippen molar-refractivity contribution in [1.29, 1.82) is 0 Å². The molecule has 3 aromatic rings. The number of aryl methyl sites for hydroxylation is 1. The summed E-state index contributed by atoms with van der Waals surface area (Å²) in [4.78, 5) is 52.0. The Bertz CT molecular complexity index is 1300. The van der Waals surface area contributed by atoms with Crippen LogP contribution in [-0.2, 0) is 11.3 Å². The molecule has 0 radical (unpaired) electrons. The Morgan fingerprint density at radius 3 is 2.29 bits per heavy atom. The van der Waals surface area contributed by atoms with Gasteiger partial charge in [-0.25, -0.2) is 9.07 Å². The van der Waals surface area contributed by atoms with Crippen LogP contribution >= 0.6 is 0 Å². The lowest BCUT2D eigenvalue weighted by Gasteiger charge is -2.31. The summed E-state index contributed by atoms with van der Waals surface area (Å²) in [6, 6.07) is 12.0. The molecular formula is C24H24FN5O4. The number of hydrogen-bond donors (Lipinski definition) is 2. The number of benzene rings is 2. The highest BCUT2D eigenvalue weighted by Gasteiger charge is 2.28. The number of hydrogen-bond acceptors (Lipinski definition) is 5. The maximum atomic E-state index is 13.1. The Hall–Kier alpha value is -4.08. The number of hydrazine groups is 1. The lowest BCUT2D eigenvalue weighted by molar-refractivity contribution is -0.127. The predicted molar refractivity (Wildman–Crippen MR) is 122 cm³/mol. The molecule has 1 fully saturated rings. The maximum absolute atomic E-state index is 13.1. The first kappa shape index (κ1) is 23.1. The minimum atomic E-state index is -0.629. The van der Waals surface area contributed by atoms with E-state index in [-0.39, 0.29) is 29.0 Å². The van der Waals surface area contributed by atoms with Crippen LogP contribution < -0.4 is 16.4 Å². The van der Waals surface area contributed by atoms with Gasteiger partial charge in [0.05, 0.1) is 5.39 Å². The molecule has 2 aromatic carbocycles. The summed E-state index contributed by atoms with van der Waals surface area (Å²) < 4.78 is 14.3. The molecule has 34 heavy (non-hydrogen) atoms. The van der Waals surface area contributed by atoms with Gasteiger partial charge in [0.1, 0.15) is 5.82 Å². The van der Waals surface area contributed by atoms with Gasteiger partial charge in [0, 0.05) is 36.5 Å². The number of likely N-dealkylation sites (tertiary alicyclic amines) is 1. The molecule has 0 spiro atoms. The summed E-state index contributed by atoms with van der Waals surface area (Å²) in [6.07, 6.45) is 0.854. The molecule has 4 rings (SSSR count). The highest BCUT2D eigenvalue weighted by atomic mass is 19.1. The molecule has 0 atom stereocenters. The van der Waals surface area contributed by atoms with Crippen molar-refractivity contribution >= 4 is 28.5 Å². The maximum Gasteiger partial charge on any atom is 0.290 e. The average Bonchev–Trinajstić information content (AvgIpc) is 2.87. The Labute approximate surface area is 194 Å². The summed E-state index contributed by atoms with van der Waals surface area (Å²) in [7, 11) is 0. The third-order valence-corrected chi connectivity index (χ3v) is 5.93. The number of fused-ring (bicyclic) bond motifs is 1. The molecule has 176 valence electrons. The van der Waals surface area contributed by atoms with E-state index in [1.807, 2.05) is 0 Å². The van der Waals surface area contributed by atoms with E-state index in [1.54, 1.807) is 36.1 Å². The second kappa shape index (κ2) is 9.82. The summed E-state index contributed by atoms with van der Waals surface area (Å²) in [6.45, 7) is 2.79. The molecule has 2 heterocycles. The zero-order valence-electron chi connectivity index (χ0n) is 18.6. The smallest absolute Gasteiger partial charge is 0.290 e. The summed E-state index contributed by atoms with van der Waals surface area (Å²) in [5.41, 5.74) is 4.97. The van der Waals surface area contributed by atoms with Crippen molar-refractivity contribution in [3.63, 3.8) is 0 Å². The van der Waals surface area contributed by atoms with Crippen LogP contribution in [0.2, 0.25) is 0 Å². The fourth-order valence-electron chi connectivity index (χ4n) is 4.02. The standard InChI is InChI=1S/C24H24FN5O4/c1-2-30-24(34)19-6-4-3-5-18(19)20(28-30)22(32)27-26-21(31)15-11-13-29(14-12-15)23(33)16-7-9-17(25)10-8-16/h3-10,15H,2,11-14H2,1H3,(H,26,31)(H,27,32). The number of carbonyl (C=O) groups is 3. The van der Waals surface area contributed by atoms with Gasteiger partial charge in [-0.15, -0.1) is 0 Å². The van der Waals surface area contributed by atoms with Gasteiger partial charge < -0.3 is 4.90 Å². The number of amides is 3. The monoisotopic (exact) mass is 465 g/mol. The zero-order chi connectivity index (χ0) is 24.2. The number of carbonyl (C=O) groups excluding carboxylic acids is 3. The van der Waals surface area contributed by atoms with E-state index in [0.717, 1.165) is 0 Å². The lowest BCUT2D eigenvalue weighted by Crippen LogP contribution is -2.48. The highest BCUT2D eigenvalue weighted by molar-refractivity contribution is 6.05. The molecule has 0 unspecified atom stereocenters. The highest BCUT2D eigenvalue weighted by Crippen LogP contribution is 2.19. The third-order valence-electron chi connectivity index (χ3n) is 5.93. The number of nitrogens with zero attached hydrogens (tertiary/aromatic N) is 3. The lowest BCUT2D eigenvalue weighted by atomic mass is 9.95. The fraction of sp³-hybridized carbons (Fsp3) is 0.292. The minimum Gasteiger partial charge on any atom is -0.339 e. The van der Waals surface area contributed by atoms with Gasteiger partial charge in [-0.05, 0) is 50.1 Å². The molecule has 10 heteroatoms. The van der Waals surface area contributed by atoms with E-state index in [1.165, 1.54) is 28.9 Å². The molecule has 0 saturated carbocycles. The molecule has 2 N–H and O–H groups in total. The first-order valence-electron chi connectivity index (χ1n) is 11.0. The molecule has 1 saturated heterocycles. The van der Waals surface area contributed by atoms with Crippen molar-refractivity contribution in [2.24, 2.45) is 5.92 Å². The Morgan fingerprint density at radius 2 is 1.65 bits per heavy atom. The number of rotatable bonds is 4. The van der Waals surface area contributed by atoms with Gasteiger partial charge in [0.15, 0.2) is 5.69 Å². The molecule has 1 aliphatic heterocycles. The van der Waals surface area contributed by atoms with Crippen LogP contribution in [0.1, 0.15) is 40.6 Å². The van der Waals surface area contributed by atoms with Gasteiger partial charge >= 0.3 is 0 Å². The van der Waals surface area contributed by atoms with Gasteiger partial charge in [-0.3, -0.25) is 30.0 Å². The van der Waals surface area contributed by atoms with Gasteiger partial charge in [0.2, 0.25) is 5.91 Å². The largest absolute Gasteiger partial charge is 0.339 e. The van der Waals surface area contributed by atoms with Crippen molar-refractivity contribution in [2.75, 3.05) is 13.1 Å². The minimum absolute atomic E-state index is 0.0389. The first-order valence-corrected chi connectivity index (χ1v) is 11.0. The number of aromatic nitrogens is 2. The topological polar surface area (TPSA) is 113 Å². The molecule has 0 aliphatic carbocycles. The van der Waals surface area contributed by atoms with Crippen molar-refractivity contribution in [1.82, 2.24) is 25.5 Å². The molecule has 1 aliphatic rings. The fourth-order valence-corrected chi connectivity index (χ4v) is 4.02. The van der Waals surface area contributed by atoms with Crippen LogP contribution in [0.5, 0.6) is 0 Å². The zero-order valence-corrected chi connectivity index (χ0v) is 18.6. The summed E-state index contributed by atoms with van der Waals surface area (Å²) >= 11 is 0. The van der Waals surface area contributed by atoms with Crippen molar-refractivity contribution in [3.8, 4) is 0 Å². The second-order valence-electron chi connectivity index (χ2n) is 8.03. The summed E-state index contributed by atoms with van der Waals surface area (Å²) in [5.74, 6) is -2.00. The first-order chi connectivity index (χ1) is 16.4. The van der Waals surface area contributed by atoms with Gasteiger partial charge in [0.25, 0.3) is 17.4 Å². The number of nitrogens with one attached hydrogen (secondary N) is 2. The van der Waals surface area contributed by atoms with Crippen molar-refractivity contribution < 1.29 is 18.8 Å². The van der Waals surface area contributed by atoms with Gasteiger partial charge in [-0.2, -0.15) is 5.10 Å². The van der Waals surface area contributed by atoms with Crippen molar-refractivity contribution in [3.05, 3.63) is 76.0 Å². The Kier molecular flexibility index (Phi) is 6.67. The van der Waals surface area contributed by atoms with Gasteiger partial charge in [-0.1, -0.05) is 18.2 Å². The second-order valence-corrected chi connectivity index (χ2v) is 8.03. The third kappa shape index (κ3) is 4.66. The van der Waals surface area contributed by atoms with E-state index in [9.17, 15) is 23.6 Å². The van der Waals surface area contributed by atoms with E-state index >= 15 is 0 Å². The van der Waals surface area contributed by atoms with E-state index in [0.29, 0.717) is 48.8 Å². The molecule has 0 bridgehead atoms. The van der Waals surface area contributed by atoms with Crippen LogP contribution in [0, 0.1) is 11.7 Å². The van der Waals surface area contributed by atoms with E-state index in [2.05, 4.69) is 16.0 Å². The predicted octanol–water partition coefficient (Wildman–Crippen LogP) is 1.87. The Balaban J connectivity index is 1.36. The van der Waals surface area contributed by atoms with Crippen LogP contribution in [0.25, 0.3) is 10.8 Å². The molecule has 9 nitrogen and oxygen atoms in total. The molecule has 1 aromatic heterocycles. The quantitative estimate of drug-likeness (QED) is 0.571. The van der Waals surface area contributed by atoms with Crippen molar-refractivity contribution in [2.45, 2.75) is 26.3 Å². The normalized spacial score (nSPS) is 14.1. The van der Waals surface area contributed by atoms with E-state index < -0.39 is 11.7 Å². The SMILES string of the molecule is CCn1nc(C(=O)NNC(=O)C2CCN(C(=O)c3ccc(F)cc3)CC2)c2ccccc2c1=O.